The number of carboxylic acids is 1. The van der Waals surface area contributed by atoms with Gasteiger partial charge in [-0.2, -0.15) is 0 Å². The summed E-state index contributed by atoms with van der Waals surface area (Å²) in [6, 6.07) is 14.2. The van der Waals surface area contributed by atoms with Gasteiger partial charge in [0.25, 0.3) is 0 Å². The lowest BCUT2D eigenvalue weighted by molar-refractivity contribution is -0.142. The normalized spacial score (nSPS) is 19.4. The zero-order chi connectivity index (χ0) is 17.3. The fourth-order valence-corrected chi connectivity index (χ4v) is 4.20. The van der Waals surface area contributed by atoms with Crippen molar-refractivity contribution in [3.63, 3.8) is 0 Å². The van der Waals surface area contributed by atoms with Crippen LogP contribution in [0.3, 0.4) is 0 Å². The van der Waals surface area contributed by atoms with Crippen LogP contribution in [0.5, 0.6) is 0 Å². The van der Waals surface area contributed by atoms with Crippen LogP contribution in [0.4, 0.5) is 0 Å². The Hall–Kier alpha value is -1.65. The second-order valence-electron chi connectivity index (χ2n) is 6.61. The summed E-state index contributed by atoms with van der Waals surface area (Å²) in [5.74, 6) is -0.725. The molecule has 0 bridgehead atoms. The van der Waals surface area contributed by atoms with Gasteiger partial charge in [-0.1, -0.05) is 57.4 Å². The molecule has 2 aromatic rings. The minimum Gasteiger partial charge on any atom is -0.480 e. The number of likely N-dealkylation sites (tertiary alicyclic amines) is 1. The Labute approximate surface area is 151 Å². The van der Waals surface area contributed by atoms with E-state index in [1.54, 1.807) is 0 Å². The van der Waals surface area contributed by atoms with Crippen molar-refractivity contribution < 1.29 is 9.90 Å². The van der Waals surface area contributed by atoms with Crippen LogP contribution in [0.1, 0.15) is 41.1 Å². The van der Waals surface area contributed by atoms with E-state index in [0.717, 1.165) is 23.0 Å². The lowest BCUT2D eigenvalue weighted by Crippen LogP contribution is -2.39. The summed E-state index contributed by atoms with van der Waals surface area (Å²) in [4.78, 5) is 13.9. The van der Waals surface area contributed by atoms with Crippen molar-refractivity contribution in [2.45, 2.75) is 38.8 Å². The predicted molar refractivity (Wildman–Crippen MR) is 99.3 cm³/mol. The van der Waals surface area contributed by atoms with Gasteiger partial charge in [0.1, 0.15) is 6.04 Å². The molecule has 0 saturated carbocycles. The van der Waals surface area contributed by atoms with Crippen LogP contribution in [-0.2, 0) is 4.79 Å². The average Bonchev–Trinajstić information content (AvgIpc) is 2.96. The fraction of sp³-hybridized carbons (Fsp3) is 0.350. The Morgan fingerprint density at radius 3 is 2.50 bits per heavy atom. The third kappa shape index (κ3) is 3.55. The molecule has 4 heteroatoms. The molecule has 1 saturated heterocycles. The summed E-state index contributed by atoms with van der Waals surface area (Å²) in [5.41, 5.74) is 4.70. The third-order valence-electron chi connectivity index (χ3n) is 4.64. The van der Waals surface area contributed by atoms with Crippen molar-refractivity contribution in [2.24, 2.45) is 0 Å². The summed E-state index contributed by atoms with van der Waals surface area (Å²) in [6.45, 7) is 4.99. The van der Waals surface area contributed by atoms with Gasteiger partial charge < -0.3 is 5.11 Å². The van der Waals surface area contributed by atoms with Gasteiger partial charge in [-0.05, 0) is 49.9 Å². The fourth-order valence-electron chi connectivity index (χ4n) is 3.78. The first-order valence-electron chi connectivity index (χ1n) is 8.28. The second kappa shape index (κ2) is 7.08. The van der Waals surface area contributed by atoms with E-state index >= 15 is 0 Å². The van der Waals surface area contributed by atoms with Gasteiger partial charge in [0.05, 0.1) is 6.04 Å². The van der Waals surface area contributed by atoms with E-state index in [9.17, 15) is 9.90 Å². The molecule has 3 rings (SSSR count). The largest absolute Gasteiger partial charge is 0.480 e. The van der Waals surface area contributed by atoms with E-state index < -0.39 is 12.0 Å². The Balaban J connectivity index is 2.12. The van der Waals surface area contributed by atoms with Crippen LogP contribution in [0.15, 0.2) is 46.9 Å². The maximum atomic E-state index is 11.7. The standard InChI is InChI=1S/C20H22BrNO2/c1-13-9-14(2)11-16(10-13)19(15-5-3-6-17(21)12-15)22-8-4-7-18(22)20(23)24/h3,5-6,9-12,18-19H,4,7-8H2,1-2H3,(H,23,24). The van der Waals surface area contributed by atoms with E-state index in [-0.39, 0.29) is 6.04 Å². The van der Waals surface area contributed by atoms with E-state index in [0.29, 0.717) is 6.42 Å². The molecule has 0 spiro atoms. The Morgan fingerprint density at radius 2 is 1.88 bits per heavy atom. The number of aryl methyl sites for hydroxylation is 2. The quantitative estimate of drug-likeness (QED) is 0.825. The van der Waals surface area contributed by atoms with Crippen LogP contribution in [-0.4, -0.2) is 28.6 Å². The summed E-state index contributed by atoms with van der Waals surface area (Å²) in [7, 11) is 0. The molecule has 1 heterocycles. The van der Waals surface area contributed by atoms with Crippen molar-refractivity contribution in [2.75, 3.05) is 6.54 Å². The first kappa shape index (κ1) is 17.2. The van der Waals surface area contributed by atoms with Gasteiger partial charge in [0.15, 0.2) is 0 Å². The molecule has 2 unspecified atom stereocenters. The van der Waals surface area contributed by atoms with Crippen molar-refractivity contribution >= 4 is 21.9 Å². The van der Waals surface area contributed by atoms with Gasteiger partial charge in [-0.3, -0.25) is 9.69 Å². The Bertz CT molecular complexity index is 739. The highest BCUT2D eigenvalue weighted by molar-refractivity contribution is 9.10. The number of carboxylic acid groups (broad SMARTS) is 1. The molecular weight excluding hydrogens is 366 g/mol. The smallest absolute Gasteiger partial charge is 0.320 e. The van der Waals surface area contributed by atoms with Crippen molar-refractivity contribution in [1.29, 1.82) is 0 Å². The molecule has 1 aliphatic rings. The number of benzene rings is 2. The first-order valence-corrected chi connectivity index (χ1v) is 9.07. The molecule has 0 aliphatic carbocycles. The molecule has 1 N–H and O–H groups in total. The van der Waals surface area contributed by atoms with Crippen LogP contribution in [0.2, 0.25) is 0 Å². The maximum Gasteiger partial charge on any atom is 0.320 e. The zero-order valence-corrected chi connectivity index (χ0v) is 15.6. The zero-order valence-electron chi connectivity index (χ0n) is 14.0. The minimum atomic E-state index is -0.725. The summed E-state index contributed by atoms with van der Waals surface area (Å²) < 4.78 is 1.01. The molecule has 126 valence electrons. The molecule has 1 aliphatic heterocycles. The monoisotopic (exact) mass is 387 g/mol. The molecule has 0 aromatic heterocycles. The number of halogens is 1. The number of nitrogens with zero attached hydrogens (tertiary/aromatic N) is 1. The Kier molecular flexibility index (Phi) is 5.07. The topological polar surface area (TPSA) is 40.5 Å². The third-order valence-corrected chi connectivity index (χ3v) is 5.13. The van der Waals surface area contributed by atoms with Gasteiger partial charge >= 0.3 is 5.97 Å². The maximum absolute atomic E-state index is 11.7. The van der Waals surface area contributed by atoms with Gasteiger partial charge in [-0.25, -0.2) is 0 Å². The number of aliphatic carboxylic acids is 1. The van der Waals surface area contributed by atoms with E-state index in [4.69, 9.17) is 0 Å². The Morgan fingerprint density at radius 1 is 1.17 bits per heavy atom. The predicted octanol–water partition coefficient (Wildman–Crippen LogP) is 4.70. The number of hydrogen-bond donors (Lipinski definition) is 1. The molecule has 1 fully saturated rings. The number of rotatable bonds is 4. The molecule has 2 aromatic carbocycles. The van der Waals surface area contributed by atoms with Crippen molar-refractivity contribution in [3.8, 4) is 0 Å². The van der Waals surface area contributed by atoms with E-state index in [1.807, 2.05) is 12.1 Å². The summed E-state index contributed by atoms with van der Waals surface area (Å²) in [5, 5.41) is 9.64. The number of carbonyl (C=O) groups is 1. The SMILES string of the molecule is Cc1cc(C)cc(C(c2cccc(Br)c2)N2CCCC2C(=O)O)c1. The van der Waals surface area contributed by atoms with Crippen LogP contribution in [0, 0.1) is 13.8 Å². The van der Waals surface area contributed by atoms with Gasteiger partial charge in [0.2, 0.25) is 0 Å². The minimum absolute atomic E-state index is 0.0373. The number of hydrogen-bond acceptors (Lipinski definition) is 2. The van der Waals surface area contributed by atoms with Crippen molar-refractivity contribution in [1.82, 2.24) is 4.90 Å². The van der Waals surface area contributed by atoms with E-state index in [2.05, 4.69) is 65.0 Å². The molecule has 0 amide bonds. The highest BCUT2D eigenvalue weighted by atomic mass is 79.9. The van der Waals surface area contributed by atoms with E-state index in [1.165, 1.54) is 16.7 Å². The molecule has 3 nitrogen and oxygen atoms in total. The van der Waals surface area contributed by atoms with Gasteiger partial charge in [-0.15, -0.1) is 0 Å². The highest BCUT2D eigenvalue weighted by Gasteiger charge is 2.36. The lowest BCUT2D eigenvalue weighted by atomic mass is 9.93. The average molecular weight is 388 g/mol. The van der Waals surface area contributed by atoms with Crippen LogP contribution in [0.25, 0.3) is 0 Å². The van der Waals surface area contributed by atoms with Crippen molar-refractivity contribution in [3.05, 3.63) is 69.2 Å². The molecule has 2 atom stereocenters. The lowest BCUT2D eigenvalue weighted by Gasteiger charge is -2.32. The molecule has 0 radical (unpaired) electrons. The summed E-state index contributed by atoms with van der Waals surface area (Å²) >= 11 is 3.55. The molecule has 24 heavy (non-hydrogen) atoms. The molecular formula is C20H22BrNO2. The summed E-state index contributed by atoms with van der Waals surface area (Å²) in [6.07, 6.45) is 1.64. The second-order valence-corrected chi connectivity index (χ2v) is 7.53. The van der Waals surface area contributed by atoms with Gasteiger partial charge in [0, 0.05) is 11.0 Å². The first-order chi connectivity index (χ1) is 11.5. The van der Waals surface area contributed by atoms with Crippen LogP contribution >= 0.6 is 15.9 Å². The van der Waals surface area contributed by atoms with Crippen LogP contribution < -0.4 is 0 Å². The highest BCUT2D eigenvalue weighted by Crippen LogP contribution is 2.36.